The molecule has 0 unspecified atom stereocenters. The summed E-state index contributed by atoms with van der Waals surface area (Å²) >= 11 is 0. The molecule has 1 saturated carbocycles. The highest BCUT2D eigenvalue weighted by Gasteiger charge is 2.12. The van der Waals surface area contributed by atoms with Crippen molar-refractivity contribution in [1.29, 1.82) is 0 Å². The zero-order valence-electron chi connectivity index (χ0n) is 16.7. The fraction of sp³-hybridized carbons (Fsp3) is 0.619. The van der Waals surface area contributed by atoms with Crippen LogP contribution in [-0.4, -0.2) is 39.1 Å². The van der Waals surface area contributed by atoms with Gasteiger partial charge in [-0.2, -0.15) is 0 Å². The average Bonchev–Trinajstić information content (AvgIpc) is 2.70. The number of carbonyl (C=O) groups excluding carboxylic acids is 1. The van der Waals surface area contributed by atoms with E-state index in [1.165, 1.54) is 44.9 Å². The molecule has 152 valence electrons. The fourth-order valence-corrected chi connectivity index (χ4v) is 3.63. The average molecular weight is 486 g/mol. The van der Waals surface area contributed by atoms with E-state index in [-0.39, 0.29) is 29.9 Å². The van der Waals surface area contributed by atoms with Crippen LogP contribution in [-0.2, 0) is 6.42 Å². The van der Waals surface area contributed by atoms with Gasteiger partial charge in [-0.25, -0.2) is 0 Å². The third-order valence-corrected chi connectivity index (χ3v) is 5.15. The maximum Gasteiger partial charge on any atom is 0.251 e. The molecular weight excluding hydrogens is 451 g/mol. The van der Waals surface area contributed by atoms with E-state index in [9.17, 15) is 4.79 Å². The topological polar surface area (TPSA) is 65.5 Å². The van der Waals surface area contributed by atoms with Crippen molar-refractivity contribution in [2.24, 2.45) is 10.9 Å². The molecule has 6 heteroatoms. The Kier molecular flexibility index (Phi) is 12.1. The fourth-order valence-electron chi connectivity index (χ4n) is 3.63. The van der Waals surface area contributed by atoms with Gasteiger partial charge in [0.15, 0.2) is 5.96 Å². The number of benzene rings is 1. The zero-order chi connectivity index (χ0) is 18.6. The maximum absolute atomic E-state index is 11.7. The van der Waals surface area contributed by atoms with Gasteiger partial charge in [-0.15, -0.1) is 24.0 Å². The molecule has 0 aliphatic heterocycles. The SMILES string of the molecule is CN=C(NCCCC1CCCCC1)NCCc1cccc(C(=O)NC)c1.I. The molecular formula is C21H35IN4O. The lowest BCUT2D eigenvalue weighted by atomic mass is 9.86. The Morgan fingerprint density at radius 2 is 1.89 bits per heavy atom. The molecule has 0 spiro atoms. The van der Waals surface area contributed by atoms with Gasteiger partial charge in [0.05, 0.1) is 0 Å². The summed E-state index contributed by atoms with van der Waals surface area (Å²) in [5.74, 6) is 1.75. The van der Waals surface area contributed by atoms with Crippen LogP contribution in [0.3, 0.4) is 0 Å². The van der Waals surface area contributed by atoms with Gasteiger partial charge in [0.2, 0.25) is 0 Å². The van der Waals surface area contributed by atoms with E-state index >= 15 is 0 Å². The Balaban J connectivity index is 0.00000364. The molecule has 1 aliphatic carbocycles. The summed E-state index contributed by atoms with van der Waals surface area (Å²) in [6.45, 7) is 1.77. The quantitative estimate of drug-likeness (QED) is 0.227. The van der Waals surface area contributed by atoms with Gasteiger partial charge in [0.25, 0.3) is 5.91 Å². The second-order valence-corrected chi connectivity index (χ2v) is 7.10. The highest BCUT2D eigenvalue weighted by atomic mass is 127. The minimum Gasteiger partial charge on any atom is -0.356 e. The third-order valence-electron chi connectivity index (χ3n) is 5.15. The van der Waals surface area contributed by atoms with Crippen LogP contribution in [0.5, 0.6) is 0 Å². The molecule has 0 saturated heterocycles. The minimum atomic E-state index is -0.0461. The number of halogens is 1. The summed E-state index contributed by atoms with van der Waals surface area (Å²) in [5, 5.41) is 9.43. The van der Waals surface area contributed by atoms with Gasteiger partial charge < -0.3 is 16.0 Å². The number of hydrogen-bond donors (Lipinski definition) is 3. The predicted molar refractivity (Wildman–Crippen MR) is 124 cm³/mol. The normalized spacial score (nSPS) is 15.0. The highest BCUT2D eigenvalue weighted by molar-refractivity contribution is 14.0. The van der Waals surface area contributed by atoms with E-state index in [2.05, 4.69) is 27.0 Å². The molecule has 0 heterocycles. The number of aliphatic imine (C=N–C) groups is 1. The van der Waals surface area contributed by atoms with Crippen LogP contribution in [0.2, 0.25) is 0 Å². The summed E-state index contributed by atoms with van der Waals surface area (Å²) in [6.07, 6.45) is 10.5. The Morgan fingerprint density at radius 3 is 2.59 bits per heavy atom. The van der Waals surface area contributed by atoms with Crippen molar-refractivity contribution in [3.63, 3.8) is 0 Å². The summed E-state index contributed by atoms with van der Waals surface area (Å²) < 4.78 is 0. The first-order valence-corrected chi connectivity index (χ1v) is 9.98. The third kappa shape index (κ3) is 8.95. The summed E-state index contributed by atoms with van der Waals surface area (Å²) in [4.78, 5) is 16.0. The number of amides is 1. The van der Waals surface area contributed by atoms with Crippen LogP contribution in [0.15, 0.2) is 29.3 Å². The molecule has 1 fully saturated rings. The molecule has 1 amide bonds. The monoisotopic (exact) mass is 486 g/mol. The predicted octanol–water partition coefficient (Wildman–Crippen LogP) is 3.73. The van der Waals surface area contributed by atoms with E-state index in [0.29, 0.717) is 5.56 Å². The van der Waals surface area contributed by atoms with Gasteiger partial charge in [0.1, 0.15) is 0 Å². The number of nitrogens with zero attached hydrogens (tertiary/aromatic N) is 1. The highest BCUT2D eigenvalue weighted by Crippen LogP contribution is 2.26. The molecule has 0 bridgehead atoms. The standard InChI is InChI=1S/C21H34N4O.HI/c1-22-20(26)19-12-6-10-18(16-19)13-15-25-21(23-2)24-14-7-11-17-8-4-3-5-9-17;/h6,10,12,16-17H,3-5,7-9,11,13-15H2,1-2H3,(H,22,26)(H2,23,24,25);1H. The van der Waals surface area contributed by atoms with Gasteiger partial charge in [-0.05, 0) is 42.9 Å². The second-order valence-electron chi connectivity index (χ2n) is 7.10. The van der Waals surface area contributed by atoms with Crippen molar-refractivity contribution in [3.8, 4) is 0 Å². The summed E-state index contributed by atoms with van der Waals surface area (Å²) in [5.41, 5.74) is 1.85. The summed E-state index contributed by atoms with van der Waals surface area (Å²) in [6, 6.07) is 7.76. The van der Waals surface area contributed by atoms with Crippen molar-refractivity contribution in [1.82, 2.24) is 16.0 Å². The Morgan fingerprint density at radius 1 is 1.15 bits per heavy atom. The number of carbonyl (C=O) groups is 1. The molecule has 27 heavy (non-hydrogen) atoms. The van der Waals surface area contributed by atoms with Crippen molar-refractivity contribution < 1.29 is 4.79 Å². The van der Waals surface area contributed by atoms with E-state index in [1.807, 2.05) is 25.2 Å². The van der Waals surface area contributed by atoms with Crippen LogP contribution < -0.4 is 16.0 Å². The largest absolute Gasteiger partial charge is 0.356 e. The first kappa shape index (κ1) is 23.7. The first-order chi connectivity index (χ1) is 12.7. The van der Waals surface area contributed by atoms with Gasteiger partial charge in [-0.1, -0.05) is 44.2 Å². The molecule has 5 nitrogen and oxygen atoms in total. The van der Waals surface area contributed by atoms with Crippen LogP contribution >= 0.6 is 24.0 Å². The number of guanidine groups is 1. The van der Waals surface area contributed by atoms with E-state index < -0.39 is 0 Å². The molecule has 3 N–H and O–H groups in total. The molecule has 2 rings (SSSR count). The number of rotatable bonds is 8. The van der Waals surface area contributed by atoms with Gasteiger partial charge in [-0.3, -0.25) is 9.79 Å². The molecule has 1 aromatic rings. The van der Waals surface area contributed by atoms with Crippen LogP contribution in [0.25, 0.3) is 0 Å². The first-order valence-electron chi connectivity index (χ1n) is 9.98. The molecule has 1 aromatic carbocycles. The molecule has 0 aromatic heterocycles. The lowest BCUT2D eigenvalue weighted by Gasteiger charge is -2.21. The van der Waals surface area contributed by atoms with Crippen LogP contribution in [0, 0.1) is 5.92 Å². The number of nitrogens with one attached hydrogen (secondary N) is 3. The van der Waals surface area contributed by atoms with Crippen molar-refractivity contribution >= 4 is 35.8 Å². The Bertz CT molecular complexity index is 585. The lowest BCUT2D eigenvalue weighted by Crippen LogP contribution is -2.38. The van der Waals surface area contributed by atoms with Gasteiger partial charge >= 0.3 is 0 Å². The van der Waals surface area contributed by atoms with Gasteiger partial charge in [0, 0.05) is 32.7 Å². The van der Waals surface area contributed by atoms with Crippen molar-refractivity contribution in [2.75, 3.05) is 27.2 Å². The smallest absolute Gasteiger partial charge is 0.251 e. The van der Waals surface area contributed by atoms with Crippen LogP contribution in [0.1, 0.15) is 60.9 Å². The molecule has 0 atom stereocenters. The van der Waals surface area contributed by atoms with Crippen LogP contribution in [0.4, 0.5) is 0 Å². The van der Waals surface area contributed by atoms with E-state index in [1.54, 1.807) is 7.05 Å². The van der Waals surface area contributed by atoms with E-state index in [4.69, 9.17) is 0 Å². The maximum atomic E-state index is 11.7. The molecule has 1 aliphatic rings. The number of hydrogen-bond acceptors (Lipinski definition) is 2. The summed E-state index contributed by atoms with van der Waals surface area (Å²) in [7, 11) is 3.46. The lowest BCUT2D eigenvalue weighted by molar-refractivity contribution is 0.0963. The molecule has 0 radical (unpaired) electrons. The minimum absolute atomic E-state index is 0. The van der Waals surface area contributed by atoms with Crippen molar-refractivity contribution in [2.45, 2.75) is 51.4 Å². The van der Waals surface area contributed by atoms with E-state index in [0.717, 1.165) is 37.0 Å². The Hall–Kier alpha value is -1.31. The zero-order valence-corrected chi connectivity index (χ0v) is 19.1. The second kappa shape index (κ2) is 13.8. The van der Waals surface area contributed by atoms with Crippen molar-refractivity contribution in [3.05, 3.63) is 35.4 Å². The Labute approximate surface area is 181 Å².